The van der Waals surface area contributed by atoms with E-state index >= 15 is 0 Å². The molecule has 0 saturated heterocycles. The maximum atomic E-state index is 13.8. The number of nitrogens with one attached hydrogen (secondary N) is 2. The Morgan fingerprint density at radius 3 is 1.17 bits per heavy atom. The van der Waals surface area contributed by atoms with Crippen LogP contribution in [0, 0.1) is 39.5 Å². The molecular weight excluding hydrogens is 965 g/mol. The zero-order valence-corrected chi connectivity index (χ0v) is 47.2. The summed E-state index contributed by atoms with van der Waals surface area (Å²) >= 11 is 0. The molecule has 2 amide bonds. The van der Waals surface area contributed by atoms with Gasteiger partial charge in [-0.05, 0) is 162 Å². The molecule has 412 valence electrons. The Balaban J connectivity index is 0.000000328. The van der Waals surface area contributed by atoms with Gasteiger partial charge in [0.2, 0.25) is 11.8 Å². The van der Waals surface area contributed by atoms with E-state index in [0.29, 0.717) is 25.9 Å². The summed E-state index contributed by atoms with van der Waals surface area (Å²) in [5.74, 6) is -0.305. The Hall–Kier alpha value is -7.16. The second-order valence-electron chi connectivity index (χ2n) is 21.8. The van der Waals surface area contributed by atoms with Gasteiger partial charge >= 0.3 is 0 Å². The molecule has 0 aliphatic heterocycles. The molecule has 4 atom stereocenters. The van der Waals surface area contributed by atoms with Crippen LogP contribution in [-0.4, -0.2) is 80.5 Å². The van der Waals surface area contributed by atoms with Gasteiger partial charge in [0, 0.05) is 86.4 Å². The van der Waals surface area contributed by atoms with Gasteiger partial charge in [-0.2, -0.15) is 0 Å². The number of hydrogen-bond acceptors (Lipinski definition) is 10. The van der Waals surface area contributed by atoms with E-state index in [-0.39, 0.29) is 66.6 Å². The number of hydrogen-bond donors (Lipinski definition) is 2. The van der Waals surface area contributed by atoms with Crippen LogP contribution in [0.2, 0.25) is 0 Å². The number of nitrogens with zero attached hydrogens (tertiary/aromatic N) is 6. The fraction of sp³-hybridized carbons (Fsp3) is 0.429. The zero-order valence-electron chi connectivity index (χ0n) is 47.2. The van der Waals surface area contributed by atoms with Crippen molar-refractivity contribution in [2.45, 2.75) is 140 Å². The smallest absolute Gasteiger partial charge is 0.251 e. The molecule has 0 radical (unpaired) electrons. The second-order valence-corrected chi connectivity index (χ2v) is 21.8. The predicted molar refractivity (Wildman–Crippen MR) is 311 cm³/mol. The summed E-state index contributed by atoms with van der Waals surface area (Å²) in [5, 5.41) is 6.19. The lowest BCUT2D eigenvalue weighted by Gasteiger charge is -2.26. The van der Waals surface area contributed by atoms with Crippen molar-refractivity contribution < 1.29 is 19.2 Å². The molecule has 6 aromatic rings. The number of ketones is 2. The highest BCUT2D eigenvalue weighted by molar-refractivity contribution is 5.84. The lowest BCUT2D eigenvalue weighted by molar-refractivity contribution is -0.127. The third-order valence-electron chi connectivity index (χ3n) is 13.1. The first-order chi connectivity index (χ1) is 35.9. The quantitative estimate of drug-likeness (QED) is 0.0667. The fourth-order valence-corrected chi connectivity index (χ4v) is 9.82. The summed E-state index contributed by atoms with van der Waals surface area (Å²) in [6.45, 7) is 20.7. The Labute approximate surface area is 457 Å². The molecule has 77 heavy (non-hydrogen) atoms. The van der Waals surface area contributed by atoms with E-state index in [1.54, 1.807) is 36.9 Å². The minimum absolute atomic E-state index is 0. The molecule has 6 rings (SSSR count). The number of carbonyl (C=O) groups is 4. The van der Waals surface area contributed by atoms with E-state index < -0.39 is 24.2 Å². The SMILES string of the molecule is C.CC(=O)C[C@H](NC(=O)[C@@H](CC(C)C)n1cc(CN(C)C)ccc1=O)c1cncc(-c2c(C)cccc2C)c1.CC(=O)C[C@H](NC(=O)[C@H](CC(C)C)n1cc(CN(C)C)ccc1=O)c1cncc(-c2c(C)cccc2C)c1. The van der Waals surface area contributed by atoms with Gasteiger partial charge in [0.1, 0.15) is 23.7 Å². The highest BCUT2D eigenvalue weighted by Gasteiger charge is 2.29. The topological polar surface area (TPSA) is 169 Å². The fourth-order valence-electron chi connectivity index (χ4n) is 9.82. The molecule has 2 N–H and O–H groups in total. The maximum absolute atomic E-state index is 13.8. The van der Waals surface area contributed by atoms with Gasteiger partial charge in [0.25, 0.3) is 11.1 Å². The van der Waals surface area contributed by atoms with Crippen molar-refractivity contribution in [2.24, 2.45) is 11.8 Å². The third-order valence-corrected chi connectivity index (χ3v) is 13.1. The number of pyridine rings is 4. The first-order valence-electron chi connectivity index (χ1n) is 26.3. The van der Waals surface area contributed by atoms with Crippen LogP contribution in [0.3, 0.4) is 0 Å². The lowest BCUT2D eigenvalue weighted by Crippen LogP contribution is -2.40. The molecule has 0 spiro atoms. The van der Waals surface area contributed by atoms with Crippen LogP contribution >= 0.6 is 0 Å². The van der Waals surface area contributed by atoms with Crippen LogP contribution in [0.4, 0.5) is 0 Å². The first-order valence-corrected chi connectivity index (χ1v) is 26.3. The number of benzene rings is 2. The van der Waals surface area contributed by atoms with Crippen molar-refractivity contribution in [3.63, 3.8) is 0 Å². The molecule has 14 heteroatoms. The van der Waals surface area contributed by atoms with E-state index in [4.69, 9.17) is 0 Å². The minimum atomic E-state index is -0.700. The zero-order chi connectivity index (χ0) is 56.0. The molecular formula is C63H84N8O6. The second kappa shape index (κ2) is 28.8. The molecule has 0 aliphatic rings. The Morgan fingerprint density at radius 2 is 0.870 bits per heavy atom. The molecule has 4 heterocycles. The Kier molecular flexibility index (Phi) is 23.4. The number of rotatable bonds is 22. The van der Waals surface area contributed by atoms with Crippen LogP contribution in [0.15, 0.2) is 120 Å². The van der Waals surface area contributed by atoms with Crippen LogP contribution in [0.25, 0.3) is 22.3 Å². The van der Waals surface area contributed by atoms with Crippen molar-refractivity contribution in [3.8, 4) is 22.3 Å². The van der Waals surface area contributed by atoms with Gasteiger partial charge in [0.05, 0.1) is 12.1 Å². The monoisotopic (exact) mass is 1050 g/mol. The highest BCUT2D eigenvalue weighted by atomic mass is 16.2. The van der Waals surface area contributed by atoms with Crippen LogP contribution in [0.5, 0.6) is 0 Å². The number of amides is 2. The molecule has 14 nitrogen and oxygen atoms in total. The number of aromatic nitrogens is 4. The van der Waals surface area contributed by atoms with E-state index in [1.807, 2.05) is 102 Å². The van der Waals surface area contributed by atoms with Gasteiger partial charge in [-0.1, -0.05) is 83.7 Å². The average molecular weight is 1050 g/mol. The van der Waals surface area contributed by atoms with Gasteiger partial charge in [-0.15, -0.1) is 0 Å². The van der Waals surface area contributed by atoms with Gasteiger partial charge in [-0.3, -0.25) is 38.7 Å². The summed E-state index contributed by atoms with van der Waals surface area (Å²) < 4.78 is 3.06. The Morgan fingerprint density at radius 1 is 0.532 bits per heavy atom. The molecule has 0 saturated carbocycles. The van der Waals surface area contributed by atoms with E-state index in [0.717, 1.165) is 66.8 Å². The standard InChI is InChI=1S/2C31H40N4O3.CH4/c2*1-20(2)13-28(35-19-24(18-34(6)7)11-12-29(35)37)31(38)33-27(14-23(5)36)25-15-26(17-32-16-25)30-21(3)9-8-10-22(30)4;/h2*8-12,15-17,19-20,27-28H,13-14,18H2,1-7H3,(H,33,38);1H4/t27-,28+;27-,28-;/m00./s1. The number of carbonyl (C=O) groups excluding carboxylic acids is 4. The van der Waals surface area contributed by atoms with Gasteiger partial charge in [0.15, 0.2) is 0 Å². The van der Waals surface area contributed by atoms with Crippen LogP contribution in [0.1, 0.15) is 143 Å². The predicted octanol–water partition coefficient (Wildman–Crippen LogP) is 10.7. The first kappa shape index (κ1) is 62.4. The van der Waals surface area contributed by atoms with Crippen LogP contribution in [-0.2, 0) is 32.3 Å². The van der Waals surface area contributed by atoms with E-state index in [2.05, 4.69) is 72.6 Å². The molecule has 0 bridgehead atoms. The van der Waals surface area contributed by atoms with Gasteiger partial charge in [-0.25, -0.2) is 0 Å². The van der Waals surface area contributed by atoms with E-state index in [9.17, 15) is 28.8 Å². The molecule has 0 fully saturated rings. The molecule has 4 aromatic heterocycles. The lowest BCUT2D eigenvalue weighted by atomic mass is 9.94. The summed E-state index contributed by atoms with van der Waals surface area (Å²) in [5.41, 5.74) is 11.5. The number of aryl methyl sites for hydroxylation is 4. The molecule has 0 unspecified atom stereocenters. The van der Waals surface area contributed by atoms with Crippen LogP contribution < -0.4 is 21.8 Å². The van der Waals surface area contributed by atoms with Crippen molar-refractivity contribution in [1.29, 1.82) is 0 Å². The Bertz CT molecular complexity index is 2850. The normalized spacial score (nSPS) is 12.8. The van der Waals surface area contributed by atoms with Crippen molar-refractivity contribution in [3.05, 3.63) is 175 Å². The minimum Gasteiger partial charge on any atom is -0.347 e. The largest absolute Gasteiger partial charge is 0.347 e. The average Bonchev–Trinajstić information content (AvgIpc) is 3.33. The summed E-state index contributed by atoms with van der Waals surface area (Å²) in [7, 11) is 7.84. The van der Waals surface area contributed by atoms with Crippen molar-refractivity contribution in [2.75, 3.05) is 28.2 Å². The summed E-state index contributed by atoms with van der Waals surface area (Å²) in [6, 6.07) is 20.4. The molecule has 2 aromatic carbocycles. The van der Waals surface area contributed by atoms with Crippen molar-refractivity contribution in [1.82, 2.24) is 39.5 Å². The maximum Gasteiger partial charge on any atom is 0.251 e. The van der Waals surface area contributed by atoms with E-state index in [1.165, 1.54) is 35.1 Å². The third kappa shape index (κ3) is 18.0. The molecule has 0 aliphatic carbocycles. The van der Waals surface area contributed by atoms with Gasteiger partial charge < -0.3 is 29.6 Å². The highest BCUT2D eigenvalue weighted by Crippen LogP contribution is 2.32. The summed E-state index contributed by atoms with van der Waals surface area (Å²) in [4.78, 5) is 90.8. The van der Waals surface area contributed by atoms with Crippen molar-refractivity contribution >= 4 is 23.4 Å². The number of Topliss-reactive ketones (excluding diaryl/α,β-unsaturated/α-hetero) is 2. The summed E-state index contributed by atoms with van der Waals surface area (Å²) in [6.07, 6.45) is 11.8.